The SMILES string of the molecule is CNC(=O)C1(N2CCCC2C(=O)NC(C)(C)C)COC1. The minimum Gasteiger partial charge on any atom is -0.376 e. The van der Waals surface area contributed by atoms with Crippen LogP contribution in [0.3, 0.4) is 0 Å². The number of amides is 2. The molecule has 1 atom stereocenters. The van der Waals surface area contributed by atoms with E-state index in [9.17, 15) is 9.59 Å². The summed E-state index contributed by atoms with van der Waals surface area (Å²) in [6, 6.07) is -0.240. The summed E-state index contributed by atoms with van der Waals surface area (Å²) in [6.07, 6.45) is 1.72. The van der Waals surface area contributed by atoms with Gasteiger partial charge in [0.05, 0.1) is 19.3 Å². The van der Waals surface area contributed by atoms with Crippen LogP contribution in [0.2, 0.25) is 0 Å². The number of carbonyl (C=O) groups excluding carboxylic acids is 2. The lowest BCUT2D eigenvalue weighted by molar-refractivity contribution is -0.174. The lowest BCUT2D eigenvalue weighted by Gasteiger charge is -2.48. The third-order valence-corrected chi connectivity index (χ3v) is 3.93. The van der Waals surface area contributed by atoms with Crippen molar-refractivity contribution < 1.29 is 14.3 Å². The van der Waals surface area contributed by atoms with Crippen molar-refractivity contribution >= 4 is 11.8 Å². The molecule has 0 aliphatic carbocycles. The van der Waals surface area contributed by atoms with E-state index in [0.29, 0.717) is 13.2 Å². The number of hydrogen-bond acceptors (Lipinski definition) is 4. The van der Waals surface area contributed by atoms with Gasteiger partial charge >= 0.3 is 0 Å². The van der Waals surface area contributed by atoms with Crippen molar-refractivity contribution in [2.24, 2.45) is 0 Å². The number of rotatable bonds is 3. The summed E-state index contributed by atoms with van der Waals surface area (Å²) in [5, 5.41) is 5.72. The number of nitrogens with one attached hydrogen (secondary N) is 2. The Hall–Kier alpha value is -1.14. The third-order valence-electron chi connectivity index (χ3n) is 3.93. The first-order valence-electron chi connectivity index (χ1n) is 7.19. The summed E-state index contributed by atoms with van der Waals surface area (Å²) in [6.45, 7) is 7.39. The predicted octanol–water partition coefficient (Wildman–Crippen LogP) is -0.119. The van der Waals surface area contributed by atoms with Crippen molar-refractivity contribution in [3.63, 3.8) is 0 Å². The standard InChI is InChI=1S/C14H25N3O3/c1-13(2,3)16-11(18)10-6-5-7-17(10)14(8-20-9-14)12(19)15-4/h10H,5-9H2,1-4H3,(H,15,19)(H,16,18). The van der Waals surface area contributed by atoms with Gasteiger partial charge in [-0.05, 0) is 33.6 Å². The molecule has 0 aromatic rings. The quantitative estimate of drug-likeness (QED) is 0.757. The average molecular weight is 283 g/mol. The molecule has 2 heterocycles. The maximum Gasteiger partial charge on any atom is 0.245 e. The molecular formula is C14H25N3O3. The Morgan fingerprint density at radius 3 is 2.40 bits per heavy atom. The van der Waals surface area contributed by atoms with Crippen LogP contribution in [-0.4, -0.2) is 60.6 Å². The molecule has 20 heavy (non-hydrogen) atoms. The Kier molecular flexibility index (Phi) is 4.07. The Morgan fingerprint density at radius 1 is 1.30 bits per heavy atom. The zero-order valence-electron chi connectivity index (χ0n) is 12.8. The summed E-state index contributed by atoms with van der Waals surface area (Å²) in [7, 11) is 1.63. The molecule has 6 nitrogen and oxygen atoms in total. The Morgan fingerprint density at radius 2 is 1.95 bits per heavy atom. The summed E-state index contributed by atoms with van der Waals surface area (Å²) in [5.41, 5.74) is -0.924. The van der Waals surface area contributed by atoms with Crippen molar-refractivity contribution in [1.29, 1.82) is 0 Å². The third kappa shape index (κ3) is 2.67. The summed E-state index contributed by atoms with van der Waals surface area (Å²) in [5.74, 6) is -0.0515. The van der Waals surface area contributed by atoms with Gasteiger partial charge in [0, 0.05) is 19.1 Å². The smallest absolute Gasteiger partial charge is 0.245 e. The van der Waals surface area contributed by atoms with E-state index in [0.717, 1.165) is 19.4 Å². The number of likely N-dealkylation sites (N-methyl/N-ethyl adjacent to an activating group) is 1. The van der Waals surface area contributed by atoms with Gasteiger partial charge in [0.25, 0.3) is 0 Å². The molecule has 0 aromatic heterocycles. The maximum absolute atomic E-state index is 12.4. The number of likely N-dealkylation sites (tertiary alicyclic amines) is 1. The van der Waals surface area contributed by atoms with Gasteiger partial charge in [0.1, 0.15) is 5.54 Å². The second kappa shape index (κ2) is 5.33. The minimum atomic E-state index is -0.662. The maximum atomic E-state index is 12.4. The molecular weight excluding hydrogens is 258 g/mol. The predicted molar refractivity (Wildman–Crippen MR) is 75.2 cm³/mol. The Balaban J connectivity index is 2.14. The number of nitrogens with zero attached hydrogens (tertiary/aromatic N) is 1. The van der Waals surface area contributed by atoms with Crippen LogP contribution in [0.25, 0.3) is 0 Å². The number of carbonyl (C=O) groups is 2. The lowest BCUT2D eigenvalue weighted by Crippen LogP contribution is -2.72. The summed E-state index contributed by atoms with van der Waals surface area (Å²) >= 11 is 0. The van der Waals surface area contributed by atoms with Gasteiger partial charge in [-0.1, -0.05) is 0 Å². The van der Waals surface area contributed by atoms with Crippen LogP contribution in [0.1, 0.15) is 33.6 Å². The molecule has 0 spiro atoms. The molecule has 2 aliphatic rings. The van der Waals surface area contributed by atoms with E-state index in [-0.39, 0.29) is 23.4 Å². The molecule has 0 bridgehead atoms. The van der Waals surface area contributed by atoms with Gasteiger partial charge < -0.3 is 15.4 Å². The fourth-order valence-electron chi connectivity index (χ4n) is 2.96. The molecule has 0 aromatic carbocycles. The van der Waals surface area contributed by atoms with Crippen LogP contribution in [-0.2, 0) is 14.3 Å². The van der Waals surface area contributed by atoms with Gasteiger partial charge in [-0.25, -0.2) is 0 Å². The summed E-state index contributed by atoms with van der Waals surface area (Å²) < 4.78 is 5.27. The van der Waals surface area contributed by atoms with Gasteiger partial charge in [-0.3, -0.25) is 14.5 Å². The van der Waals surface area contributed by atoms with Crippen LogP contribution in [0, 0.1) is 0 Å². The minimum absolute atomic E-state index is 0.00479. The highest BCUT2D eigenvalue weighted by Gasteiger charge is 2.55. The molecule has 1 unspecified atom stereocenters. The van der Waals surface area contributed by atoms with Gasteiger partial charge in [0.2, 0.25) is 11.8 Å². The van der Waals surface area contributed by atoms with Gasteiger partial charge in [-0.2, -0.15) is 0 Å². The van der Waals surface area contributed by atoms with Crippen LogP contribution in [0.5, 0.6) is 0 Å². The highest BCUT2D eigenvalue weighted by molar-refractivity contribution is 5.89. The van der Waals surface area contributed by atoms with E-state index in [1.54, 1.807) is 7.05 Å². The molecule has 114 valence electrons. The molecule has 0 saturated carbocycles. The Labute approximate surface area is 120 Å². The van der Waals surface area contributed by atoms with Crippen molar-refractivity contribution in [1.82, 2.24) is 15.5 Å². The molecule has 2 rings (SSSR count). The monoisotopic (exact) mass is 283 g/mol. The van der Waals surface area contributed by atoms with Crippen LogP contribution >= 0.6 is 0 Å². The molecule has 2 amide bonds. The molecule has 2 N–H and O–H groups in total. The van der Waals surface area contributed by atoms with Crippen molar-refractivity contribution in [3.05, 3.63) is 0 Å². The first kappa shape index (κ1) is 15.3. The normalized spacial score (nSPS) is 25.9. The van der Waals surface area contributed by atoms with Crippen LogP contribution < -0.4 is 10.6 Å². The van der Waals surface area contributed by atoms with E-state index in [4.69, 9.17) is 4.74 Å². The fraction of sp³-hybridized carbons (Fsp3) is 0.857. The lowest BCUT2D eigenvalue weighted by atomic mass is 9.92. The summed E-state index contributed by atoms with van der Waals surface area (Å²) in [4.78, 5) is 26.7. The van der Waals surface area contributed by atoms with Crippen LogP contribution in [0.15, 0.2) is 0 Å². The van der Waals surface area contributed by atoms with E-state index < -0.39 is 5.54 Å². The van der Waals surface area contributed by atoms with Gasteiger partial charge in [-0.15, -0.1) is 0 Å². The van der Waals surface area contributed by atoms with Crippen LogP contribution in [0.4, 0.5) is 0 Å². The highest BCUT2D eigenvalue weighted by atomic mass is 16.5. The van der Waals surface area contributed by atoms with E-state index in [1.807, 2.05) is 25.7 Å². The van der Waals surface area contributed by atoms with E-state index in [1.165, 1.54) is 0 Å². The zero-order valence-corrected chi connectivity index (χ0v) is 12.8. The van der Waals surface area contributed by atoms with E-state index >= 15 is 0 Å². The molecule has 6 heteroatoms. The fourth-order valence-corrected chi connectivity index (χ4v) is 2.96. The topological polar surface area (TPSA) is 70.7 Å². The first-order chi connectivity index (χ1) is 9.30. The average Bonchev–Trinajstić information content (AvgIpc) is 2.74. The first-order valence-corrected chi connectivity index (χ1v) is 7.19. The molecule has 2 fully saturated rings. The second-order valence-electron chi connectivity index (χ2n) is 6.69. The van der Waals surface area contributed by atoms with Crippen molar-refractivity contribution in [3.8, 4) is 0 Å². The Bertz CT molecular complexity index is 399. The van der Waals surface area contributed by atoms with Crippen molar-refractivity contribution in [2.75, 3.05) is 26.8 Å². The highest BCUT2D eigenvalue weighted by Crippen LogP contribution is 2.33. The van der Waals surface area contributed by atoms with E-state index in [2.05, 4.69) is 10.6 Å². The number of ether oxygens (including phenoxy) is 1. The molecule has 0 radical (unpaired) electrons. The van der Waals surface area contributed by atoms with Crippen molar-refractivity contribution in [2.45, 2.75) is 50.7 Å². The second-order valence-corrected chi connectivity index (χ2v) is 6.69. The largest absolute Gasteiger partial charge is 0.376 e. The van der Waals surface area contributed by atoms with Gasteiger partial charge in [0.15, 0.2) is 0 Å². The molecule has 2 aliphatic heterocycles. The zero-order chi connectivity index (χ0) is 15.0. The number of hydrogen-bond donors (Lipinski definition) is 2. The molecule has 2 saturated heterocycles.